The minimum atomic E-state index is -2.90. The van der Waals surface area contributed by atoms with Gasteiger partial charge < -0.3 is 5.32 Å². The standard InChI is InChI=1S/C24H15ClF4N6O/c25-18-9-16(27)6-3-14(18)12-34-8-7-21(33-34)32-24(36)17-11-30-35-20(22(28)29)10-19(31-23(17)35)13-1-4-15(26)5-2-13/h1-11,22H,12H2,(H,32,33,36). The van der Waals surface area contributed by atoms with E-state index in [2.05, 4.69) is 20.5 Å². The second-order valence-corrected chi connectivity index (χ2v) is 8.16. The molecule has 0 unspecified atom stereocenters. The molecule has 3 aromatic heterocycles. The molecule has 5 rings (SSSR count). The summed E-state index contributed by atoms with van der Waals surface area (Å²) in [6.45, 7) is 0.228. The van der Waals surface area contributed by atoms with Crippen LogP contribution < -0.4 is 5.32 Å². The number of hydrogen-bond acceptors (Lipinski definition) is 4. The second-order valence-electron chi connectivity index (χ2n) is 7.76. The fourth-order valence-corrected chi connectivity index (χ4v) is 3.82. The van der Waals surface area contributed by atoms with Crippen molar-refractivity contribution in [3.63, 3.8) is 0 Å². The van der Waals surface area contributed by atoms with E-state index in [0.29, 0.717) is 11.1 Å². The lowest BCUT2D eigenvalue weighted by molar-refractivity contribution is 0.102. The molecule has 7 nitrogen and oxygen atoms in total. The summed E-state index contributed by atoms with van der Waals surface area (Å²) < 4.78 is 56.5. The molecule has 182 valence electrons. The number of benzene rings is 2. The molecule has 12 heteroatoms. The monoisotopic (exact) mass is 514 g/mol. The van der Waals surface area contributed by atoms with E-state index in [0.717, 1.165) is 16.8 Å². The Morgan fingerprint density at radius 3 is 2.50 bits per heavy atom. The smallest absolute Gasteiger partial charge is 0.280 e. The van der Waals surface area contributed by atoms with Crippen molar-refractivity contribution in [2.75, 3.05) is 5.32 Å². The molecule has 0 aliphatic rings. The van der Waals surface area contributed by atoms with E-state index in [-0.39, 0.29) is 34.3 Å². The highest BCUT2D eigenvalue weighted by Gasteiger charge is 2.22. The van der Waals surface area contributed by atoms with Crippen LogP contribution in [0, 0.1) is 11.6 Å². The van der Waals surface area contributed by atoms with Crippen LogP contribution in [-0.2, 0) is 6.54 Å². The van der Waals surface area contributed by atoms with Gasteiger partial charge >= 0.3 is 0 Å². The molecule has 36 heavy (non-hydrogen) atoms. The van der Waals surface area contributed by atoms with Crippen molar-refractivity contribution in [1.29, 1.82) is 0 Å². The summed E-state index contributed by atoms with van der Waals surface area (Å²) >= 11 is 6.05. The van der Waals surface area contributed by atoms with Crippen LogP contribution in [0.2, 0.25) is 5.02 Å². The van der Waals surface area contributed by atoms with Crippen molar-refractivity contribution >= 4 is 29.0 Å². The Labute approximate surface area is 206 Å². The molecule has 0 saturated carbocycles. The predicted octanol–water partition coefficient (Wildman–Crippen LogP) is 5.76. The zero-order valence-electron chi connectivity index (χ0n) is 18.2. The molecule has 0 aliphatic carbocycles. The number of rotatable bonds is 6. The van der Waals surface area contributed by atoms with Gasteiger partial charge in [0, 0.05) is 22.8 Å². The number of hydrogen-bond donors (Lipinski definition) is 1. The van der Waals surface area contributed by atoms with Gasteiger partial charge in [-0.15, -0.1) is 0 Å². The maximum atomic E-state index is 13.8. The van der Waals surface area contributed by atoms with Crippen LogP contribution in [0.1, 0.15) is 28.0 Å². The van der Waals surface area contributed by atoms with Gasteiger partial charge in [0.15, 0.2) is 11.5 Å². The van der Waals surface area contributed by atoms with E-state index in [1.807, 2.05) is 0 Å². The maximum absolute atomic E-state index is 13.8. The lowest BCUT2D eigenvalue weighted by atomic mass is 10.1. The summed E-state index contributed by atoms with van der Waals surface area (Å²) in [5.41, 5.74) is 0.524. The Morgan fingerprint density at radius 1 is 1.03 bits per heavy atom. The molecule has 0 aliphatic heterocycles. The average Bonchev–Trinajstić information content (AvgIpc) is 3.47. The van der Waals surface area contributed by atoms with Crippen molar-refractivity contribution in [3.8, 4) is 11.3 Å². The first-order valence-electron chi connectivity index (χ1n) is 10.5. The number of alkyl halides is 2. The van der Waals surface area contributed by atoms with E-state index in [4.69, 9.17) is 11.6 Å². The number of halogens is 5. The van der Waals surface area contributed by atoms with Crippen molar-refractivity contribution in [1.82, 2.24) is 24.4 Å². The zero-order valence-corrected chi connectivity index (χ0v) is 18.9. The van der Waals surface area contributed by atoms with Crippen LogP contribution in [0.5, 0.6) is 0 Å². The summed E-state index contributed by atoms with van der Waals surface area (Å²) in [4.78, 5) is 17.3. The van der Waals surface area contributed by atoms with E-state index in [9.17, 15) is 22.4 Å². The summed E-state index contributed by atoms with van der Waals surface area (Å²) in [5.74, 6) is -1.43. The predicted molar refractivity (Wildman–Crippen MR) is 124 cm³/mol. The Hall–Kier alpha value is -4.25. The maximum Gasteiger partial charge on any atom is 0.280 e. The van der Waals surface area contributed by atoms with Crippen LogP contribution in [-0.4, -0.2) is 30.3 Å². The Morgan fingerprint density at radius 2 is 1.78 bits per heavy atom. The van der Waals surface area contributed by atoms with E-state index < -0.39 is 29.7 Å². The first kappa shape index (κ1) is 23.5. The molecule has 1 amide bonds. The molecule has 1 N–H and O–H groups in total. The molecule has 0 saturated heterocycles. The number of fused-ring (bicyclic) bond motifs is 1. The van der Waals surface area contributed by atoms with Crippen molar-refractivity contribution in [3.05, 3.63) is 100 Å². The van der Waals surface area contributed by atoms with Gasteiger partial charge in [-0.2, -0.15) is 10.2 Å². The van der Waals surface area contributed by atoms with Crippen molar-refractivity contribution in [2.24, 2.45) is 0 Å². The SMILES string of the molecule is O=C(Nc1ccn(Cc2ccc(F)cc2Cl)n1)c1cnn2c(C(F)F)cc(-c3ccc(F)cc3)nc12. The van der Waals surface area contributed by atoms with Crippen LogP contribution in [0.25, 0.3) is 16.9 Å². The van der Waals surface area contributed by atoms with Gasteiger partial charge in [-0.25, -0.2) is 27.1 Å². The summed E-state index contributed by atoms with van der Waals surface area (Å²) in [5, 5.41) is 11.0. The summed E-state index contributed by atoms with van der Waals surface area (Å²) in [6, 6.07) is 11.8. The number of nitrogens with one attached hydrogen (secondary N) is 1. The van der Waals surface area contributed by atoms with Gasteiger partial charge in [0.1, 0.15) is 22.9 Å². The highest BCUT2D eigenvalue weighted by atomic mass is 35.5. The highest BCUT2D eigenvalue weighted by Crippen LogP contribution is 2.27. The first-order valence-corrected chi connectivity index (χ1v) is 10.9. The lowest BCUT2D eigenvalue weighted by Crippen LogP contribution is -2.13. The molecule has 0 atom stereocenters. The minimum absolute atomic E-state index is 0.0583. The second kappa shape index (κ2) is 9.42. The minimum Gasteiger partial charge on any atom is -0.305 e. The summed E-state index contributed by atoms with van der Waals surface area (Å²) in [7, 11) is 0. The third-order valence-corrected chi connectivity index (χ3v) is 5.69. The fourth-order valence-electron chi connectivity index (χ4n) is 3.59. The van der Waals surface area contributed by atoms with Gasteiger partial charge in [0.2, 0.25) is 0 Å². The number of amides is 1. The van der Waals surface area contributed by atoms with E-state index in [1.165, 1.54) is 53.2 Å². The van der Waals surface area contributed by atoms with E-state index in [1.54, 1.807) is 6.20 Å². The fraction of sp³-hybridized carbons (Fsp3) is 0.0833. The average molecular weight is 515 g/mol. The first-order chi connectivity index (χ1) is 17.3. The van der Waals surface area contributed by atoms with Gasteiger partial charge in [0.25, 0.3) is 12.3 Å². The largest absolute Gasteiger partial charge is 0.305 e. The highest BCUT2D eigenvalue weighted by molar-refractivity contribution is 6.31. The summed E-state index contributed by atoms with van der Waals surface area (Å²) in [6.07, 6.45) is -0.183. The molecule has 0 spiro atoms. The molecule has 0 bridgehead atoms. The molecule has 2 aromatic carbocycles. The normalized spacial score (nSPS) is 11.4. The van der Waals surface area contributed by atoms with Crippen LogP contribution in [0.15, 0.2) is 67.0 Å². The number of aromatic nitrogens is 5. The number of nitrogens with zero attached hydrogens (tertiary/aromatic N) is 5. The van der Waals surface area contributed by atoms with Crippen LogP contribution in [0.4, 0.5) is 23.4 Å². The van der Waals surface area contributed by atoms with Gasteiger partial charge in [-0.1, -0.05) is 17.7 Å². The Balaban J connectivity index is 1.43. The van der Waals surface area contributed by atoms with Crippen LogP contribution in [0.3, 0.4) is 0 Å². The number of anilines is 1. The van der Waals surface area contributed by atoms with E-state index >= 15 is 0 Å². The molecule has 5 aromatic rings. The number of carbonyl (C=O) groups is 1. The van der Waals surface area contributed by atoms with Crippen LogP contribution >= 0.6 is 11.6 Å². The zero-order chi connectivity index (χ0) is 25.4. The van der Waals surface area contributed by atoms with Gasteiger partial charge in [-0.3, -0.25) is 9.48 Å². The topological polar surface area (TPSA) is 77.1 Å². The third-order valence-electron chi connectivity index (χ3n) is 5.34. The van der Waals surface area contributed by atoms with Gasteiger partial charge in [0.05, 0.1) is 18.4 Å². The Bertz CT molecular complexity index is 1580. The molecular formula is C24H15ClF4N6O. The molecule has 0 radical (unpaired) electrons. The third kappa shape index (κ3) is 4.65. The molecule has 3 heterocycles. The number of carbonyl (C=O) groups excluding carboxylic acids is 1. The van der Waals surface area contributed by atoms with Crippen molar-refractivity contribution < 1.29 is 22.4 Å². The quantitative estimate of drug-likeness (QED) is 0.292. The Kier molecular flexibility index (Phi) is 6.15. The molecule has 0 fully saturated rings. The van der Waals surface area contributed by atoms with Gasteiger partial charge in [-0.05, 0) is 48.0 Å². The molecular weight excluding hydrogens is 500 g/mol. The van der Waals surface area contributed by atoms with Crippen molar-refractivity contribution in [2.45, 2.75) is 13.0 Å². The lowest BCUT2D eigenvalue weighted by Gasteiger charge is -2.08.